The summed E-state index contributed by atoms with van der Waals surface area (Å²) in [6.45, 7) is 8.80. The number of thioether (sulfide) groups is 1. The molecule has 1 aliphatic heterocycles. The average molecular weight is 620 g/mol. The number of amides is 3. The van der Waals surface area contributed by atoms with Gasteiger partial charge in [-0.25, -0.2) is 4.98 Å². The normalized spacial score (nSPS) is 18.0. The molecule has 0 spiro atoms. The van der Waals surface area contributed by atoms with Crippen LogP contribution in [0.2, 0.25) is 5.02 Å². The van der Waals surface area contributed by atoms with Gasteiger partial charge in [0.2, 0.25) is 17.7 Å². The lowest BCUT2D eigenvalue weighted by atomic mass is 9.83. The monoisotopic (exact) mass is 619 g/mol. The third kappa shape index (κ3) is 9.70. The van der Waals surface area contributed by atoms with Crippen molar-refractivity contribution in [3.05, 3.63) is 40.4 Å². The molecule has 2 aromatic rings. The number of nitrogens with zero attached hydrogens (tertiary/aromatic N) is 2. The van der Waals surface area contributed by atoms with Crippen LogP contribution in [0.5, 0.6) is 0 Å². The number of carbonyl (C=O) groups is 3. The van der Waals surface area contributed by atoms with Gasteiger partial charge in [-0.15, -0.1) is 11.3 Å². The Morgan fingerprint density at radius 2 is 1.90 bits per heavy atom. The fourth-order valence-electron chi connectivity index (χ4n) is 5.49. The lowest BCUT2D eigenvalue weighted by Gasteiger charge is -2.32. The van der Waals surface area contributed by atoms with Gasteiger partial charge in [-0.3, -0.25) is 19.3 Å². The Balaban J connectivity index is 1.43. The van der Waals surface area contributed by atoms with Crippen molar-refractivity contribution in [2.75, 3.05) is 37.7 Å². The molecule has 1 saturated carbocycles. The van der Waals surface area contributed by atoms with E-state index in [1.807, 2.05) is 30.8 Å². The number of carbonyl (C=O) groups excluding carboxylic acids is 3. The SMILES string of the molecule is C=C(CN1CCSCC1)C(=O)NC[C@@H](NC(=O)[C@H](Cc1nc2ccc(Cl)cc2s1)NC(=O)CCC)C1CCCCC1. The maximum absolute atomic E-state index is 13.7. The molecule has 0 radical (unpaired) electrons. The molecule has 11 heteroatoms. The molecule has 0 bridgehead atoms. The maximum Gasteiger partial charge on any atom is 0.247 e. The first-order valence-electron chi connectivity index (χ1n) is 14.7. The van der Waals surface area contributed by atoms with Crippen LogP contribution in [0.15, 0.2) is 30.4 Å². The molecule has 2 fully saturated rings. The van der Waals surface area contributed by atoms with E-state index in [1.54, 1.807) is 6.07 Å². The predicted octanol–water partition coefficient (Wildman–Crippen LogP) is 4.56. The van der Waals surface area contributed by atoms with Crippen LogP contribution in [0.25, 0.3) is 10.2 Å². The van der Waals surface area contributed by atoms with Gasteiger partial charge in [-0.1, -0.05) is 44.4 Å². The van der Waals surface area contributed by atoms with E-state index in [0.717, 1.165) is 65.5 Å². The van der Waals surface area contributed by atoms with E-state index >= 15 is 0 Å². The van der Waals surface area contributed by atoms with Crippen molar-refractivity contribution >= 4 is 62.6 Å². The molecule has 41 heavy (non-hydrogen) atoms. The van der Waals surface area contributed by atoms with Crippen molar-refractivity contribution in [3.63, 3.8) is 0 Å². The molecular weight excluding hydrogens is 578 g/mol. The molecule has 2 heterocycles. The van der Waals surface area contributed by atoms with Gasteiger partial charge in [0.1, 0.15) is 6.04 Å². The predicted molar refractivity (Wildman–Crippen MR) is 170 cm³/mol. The van der Waals surface area contributed by atoms with E-state index < -0.39 is 6.04 Å². The molecule has 224 valence electrons. The van der Waals surface area contributed by atoms with Crippen LogP contribution in [0.1, 0.15) is 56.9 Å². The summed E-state index contributed by atoms with van der Waals surface area (Å²) < 4.78 is 0.942. The van der Waals surface area contributed by atoms with Crippen molar-refractivity contribution < 1.29 is 14.4 Å². The molecule has 3 N–H and O–H groups in total. The first kappa shape index (κ1) is 31.8. The zero-order valence-corrected chi connectivity index (χ0v) is 26.3. The molecule has 1 aliphatic carbocycles. The summed E-state index contributed by atoms with van der Waals surface area (Å²) in [4.78, 5) is 46.3. The Hall–Kier alpha value is -2.14. The highest BCUT2D eigenvalue weighted by molar-refractivity contribution is 7.99. The summed E-state index contributed by atoms with van der Waals surface area (Å²) in [5, 5.41) is 10.6. The minimum Gasteiger partial charge on any atom is -0.350 e. The minimum atomic E-state index is -0.765. The third-order valence-electron chi connectivity index (χ3n) is 7.77. The molecule has 2 aliphatic rings. The largest absolute Gasteiger partial charge is 0.350 e. The van der Waals surface area contributed by atoms with Crippen molar-refractivity contribution in [1.29, 1.82) is 0 Å². The van der Waals surface area contributed by atoms with E-state index in [0.29, 0.717) is 36.5 Å². The molecule has 1 aromatic carbocycles. The summed E-state index contributed by atoms with van der Waals surface area (Å²) in [5.41, 5.74) is 1.37. The summed E-state index contributed by atoms with van der Waals surface area (Å²) in [6.07, 6.45) is 6.72. The molecule has 1 saturated heterocycles. The van der Waals surface area contributed by atoms with E-state index in [9.17, 15) is 14.4 Å². The Morgan fingerprint density at radius 3 is 2.63 bits per heavy atom. The number of aromatic nitrogens is 1. The number of rotatable bonds is 13. The maximum atomic E-state index is 13.7. The summed E-state index contributed by atoms with van der Waals surface area (Å²) in [6, 6.07) is 4.53. The molecule has 0 unspecified atom stereocenters. The minimum absolute atomic E-state index is 0.160. The van der Waals surface area contributed by atoms with E-state index in [1.165, 1.54) is 17.8 Å². The number of benzene rings is 1. The highest BCUT2D eigenvalue weighted by Crippen LogP contribution is 2.28. The average Bonchev–Trinajstić information content (AvgIpc) is 3.37. The van der Waals surface area contributed by atoms with Crippen molar-refractivity contribution in [3.8, 4) is 0 Å². The van der Waals surface area contributed by atoms with Gasteiger partial charge < -0.3 is 16.0 Å². The van der Waals surface area contributed by atoms with Gasteiger partial charge in [0.25, 0.3) is 0 Å². The number of nitrogens with one attached hydrogen (secondary N) is 3. The van der Waals surface area contributed by atoms with Gasteiger partial charge in [0.05, 0.1) is 15.2 Å². The van der Waals surface area contributed by atoms with Crippen molar-refractivity contribution in [2.45, 2.75) is 70.4 Å². The molecule has 3 amide bonds. The second kappa shape index (κ2) is 15.9. The van der Waals surface area contributed by atoms with Gasteiger partial charge in [0.15, 0.2) is 0 Å². The Morgan fingerprint density at radius 1 is 1.15 bits per heavy atom. The van der Waals surface area contributed by atoms with Crippen molar-refractivity contribution in [2.24, 2.45) is 5.92 Å². The molecule has 2 atom stereocenters. The standard InChI is InChI=1S/C30H42ClN5O3S2/c1-3-7-27(37)33-24(17-28-34-23-11-10-22(31)16-26(23)41-28)30(39)35-25(21-8-5-4-6-9-21)18-32-29(38)20(2)19-36-12-14-40-15-13-36/h10-11,16,21,24-25H,2-9,12-15,17-19H2,1H3,(H,32,38)(H,33,37)(H,35,39)/t24-,25+/m0/s1. The lowest BCUT2D eigenvalue weighted by Crippen LogP contribution is -2.55. The van der Waals surface area contributed by atoms with E-state index in [-0.39, 0.29) is 36.1 Å². The van der Waals surface area contributed by atoms with Gasteiger partial charge in [-0.05, 0) is 43.4 Å². The van der Waals surface area contributed by atoms with E-state index in [2.05, 4.69) is 32.4 Å². The van der Waals surface area contributed by atoms with Crippen LogP contribution in [0.3, 0.4) is 0 Å². The van der Waals surface area contributed by atoms with Crippen LogP contribution in [-0.2, 0) is 20.8 Å². The van der Waals surface area contributed by atoms with Crippen LogP contribution >= 0.6 is 34.7 Å². The Bertz CT molecular complexity index is 1210. The second-order valence-corrected chi connectivity index (χ2v) is 13.8. The first-order chi connectivity index (χ1) is 19.8. The van der Waals surface area contributed by atoms with Crippen molar-refractivity contribution in [1.82, 2.24) is 25.8 Å². The van der Waals surface area contributed by atoms with Gasteiger partial charge in [-0.2, -0.15) is 11.8 Å². The van der Waals surface area contributed by atoms with Gasteiger partial charge >= 0.3 is 0 Å². The third-order valence-corrected chi connectivity index (χ3v) is 9.99. The number of halogens is 1. The smallest absolute Gasteiger partial charge is 0.247 e. The summed E-state index contributed by atoms with van der Waals surface area (Å²) in [5.74, 6) is 1.83. The fraction of sp³-hybridized carbons (Fsp3) is 0.600. The van der Waals surface area contributed by atoms with Crippen LogP contribution in [-0.4, -0.2) is 77.4 Å². The number of fused-ring (bicyclic) bond motifs is 1. The Labute approximate surface area is 256 Å². The van der Waals surface area contributed by atoms with Crippen LogP contribution < -0.4 is 16.0 Å². The highest BCUT2D eigenvalue weighted by Gasteiger charge is 2.30. The lowest BCUT2D eigenvalue weighted by molar-refractivity contribution is -0.129. The topological polar surface area (TPSA) is 103 Å². The van der Waals surface area contributed by atoms with Gasteiger partial charge in [0, 0.05) is 67.2 Å². The van der Waals surface area contributed by atoms with Crippen LogP contribution in [0, 0.1) is 5.92 Å². The number of hydrogen-bond acceptors (Lipinski definition) is 7. The molecule has 1 aromatic heterocycles. The van der Waals surface area contributed by atoms with Crippen LogP contribution in [0.4, 0.5) is 0 Å². The molecule has 8 nitrogen and oxygen atoms in total. The Kier molecular flexibility index (Phi) is 12.3. The zero-order valence-electron chi connectivity index (χ0n) is 23.9. The number of thiazole rings is 1. The quantitative estimate of drug-likeness (QED) is 0.284. The first-order valence-corrected chi connectivity index (χ1v) is 17.1. The second-order valence-electron chi connectivity index (χ2n) is 11.0. The molecule has 4 rings (SSSR count). The summed E-state index contributed by atoms with van der Waals surface area (Å²) >= 11 is 9.57. The fourth-order valence-corrected chi connectivity index (χ4v) is 7.76. The number of hydrogen-bond donors (Lipinski definition) is 3. The molecular formula is C30H42ClN5O3S2. The summed E-state index contributed by atoms with van der Waals surface area (Å²) in [7, 11) is 0. The zero-order chi connectivity index (χ0) is 29.2. The van der Waals surface area contributed by atoms with E-state index in [4.69, 9.17) is 11.6 Å². The highest BCUT2D eigenvalue weighted by atomic mass is 35.5.